The normalized spacial score (nSPS) is 16.9. The number of benzene rings is 3. The molecule has 1 saturated carbocycles. The van der Waals surface area contributed by atoms with Gasteiger partial charge < -0.3 is 25.0 Å². The lowest BCUT2D eigenvalue weighted by molar-refractivity contribution is 0.0926. The van der Waals surface area contributed by atoms with E-state index < -0.39 is 0 Å². The van der Waals surface area contributed by atoms with Gasteiger partial charge in [-0.25, -0.2) is 4.98 Å². The number of nitrogens with one attached hydrogen (secondary N) is 2. The summed E-state index contributed by atoms with van der Waals surface area (Å²) in [6.45, 7) is 0.399. The maximum atomic E-state index is 13.1. The summed E-state index contributed by atoms with van der Waals surface area (Å²) >= 11 is 0. The molecule has 39 heavy (non-hydrogen) atoms. The van der Waals surface area contributed by atoms with Crippen LogP contribution < -0.4 is 25.0 Å². The van der Waals surface area contributed by atoms with Crippen molar-refractivity contribution < 1.29 is 14.3 Å². The van der Waals surface area contributed by atoms with Gasteiger partial charge in [-0.2, -0.15) is 4.98 Å². The fraction of sp³-hybridized carbons (Fsp3) is 0.323. The lowest BCUT2D eigenvalue weighted by Gasteiger charge is -2.30. The molecule has 2 N–H and O–H groups in total. The van der Waals surface area contributed by atoms with Crippen LogP contribution in [0.4, 0.5) is 11.8 Å². The highest BCUT2D eigenvalue weighted by atomic mass is 16.5. The lowest BCUT2D eigenvalue weighted by atomic mass is 9.91. The molecular weight excluding hydrogens is 490 g/mol. The van der Waals surface area contributed by atoms with E-state index in [0.29, 0.717) is 29.6 Å². The zero-order valence-electron chi connectivity index (χ0n) is 22.7. The van der Waals surface area contributed by atoms with Crippen molar-refractivity contribution in [2.45, 2.75) is 44.4 Å². The molecule has 0 unspecified atom stereocenters. The fourth-order valence-corrected chi connectivity index (χ4v) is 4.96. The van der Waals surface area contributed by atoms with Crippen LogP contribution in [0.15, 0.2) is 72.8 Å². The van der Waals surface area contributed by atoms with Crippen LogP contribution in [0.3, 0.4) is 0 Å². The van der Waals surface area contributed by atoms with Crippen molar-refractivity contribution in [3.05, 3.63) is 83.9 Å². The molecule has 8 heteroatoms. The maximum absolute atomic E-state index is 13.1. The smallest absolute Gasteiger partial charge is 0.251 e. The standard InChI is InChI=1S/C31H35N5O3/c1-36(2)29-25-11-7-8-12-26(25)34-31(35-29)33-24-16-14-23(15-17-24)32-30(37)22-13-18-27(38-3)28(19-22)39-20-21-9-5-4-6-10-21/h4-13,18-19,23-24H,14-17,20H2,1-3H3,(H,32,37)(H,33,34,35). The average Bonchev–Trinajstić information content (AvgIpc) is 2.97. The Morgan fingerprint density at radius 1 is 0.897 bits per heavy atom. The zero-order valence-corrected chi connectivity index (χ0v) is 22.7. The Morgan fingerprint density at radius 3 is 2.36 bits per heavy atom. The summed E-state index contributed by atoms with van der Waals surface area (Å²) in [4.78, 5) is 24.6. The first-order chi connectivity index (χ1) is 19.0. The van der Waals surface area contributed by atoms with Crippen LogP contribution >= 0.6 is 0 Å². The molecule has 1 fully saturated rings. The summed E-state index contributed by atoms with van der Waals surface area (Å²) < 4.78 is 11.4. The van der Waals surface area contributed by atoms with Gasteiger partial charge in [-0.05, 0) is 61.6 Å². The van der Waals surface area contributed by atoms with Gasteiger partial charge in [0, 0.05) is 37.1 Å². The van der Waals surface area contributed by atoms with E-state index in [0.717, 1.165) is 48.0 Å². The molecule has 0 spiro atoms. The predicted molar refractivity (Wildman–Crippen MR) is 155 cm³/mol. The Morgan fingerprint density at radius 2 is 1.62 bits per heavy atom. The molecule has 1 heterocycles. The van der Waals surface area contributed by atoms with E-state index in [-0.39, 0.29) is 18.0 Å². The van der Waals surface area contributed by atoms with Crippen molar-refractivity contribution in [2.75, 3.05) is 31.4 Å². The number of aromatic nitrogens is 2. The van der Waals surface area contributed by atoms with Gasteiger partial charge in [-0.15, -0.1) is 0 Å². The van der Waals surface area contributed by atoms with E-state index in [2.05, 4.69) is 10.6 Å². The molecule has 0 bridgehead atoms. The van der Waals surface area contributed by atoms with Crippen molar-refractivity contribution in [2.24, 2.45) is 0 Å². The summed E-state index contributed by atoms with van der Waals surface area (Å²) in [5.74, 6) is 2.59. The minimum atomic E-state index is -0.105. The number of nitrogens with zero attached hydrogens (tertiary/aromatic N) is 3. The van der Waals surface area contributed by atoms with Crippen molar-refractivity contribution in [1.82, 2.24) is 15.3 Å². The quantitative estimate of drug-likeness (QED) is 0.301. The highest BCUT2D eigenvalue weighted by Crippen LogP contribution is 2.30. The third-order valence-corrected chi connectivity index (χ3v) is 7.07. The van der Waals surface area contributed by atoms with E-state index in [1.165, 1.54) is 0 Å². The number of methoxy groups -OCH3 is 1. The third-order valence-electron chi connectivity index (χ3n) is 7.07. The van der Waals surface area contributed by atoms with Crippen LogP contribution in [0.1, 0.15) is 41.6 Å². The summed E-state index contributed by atoms with van der Waals surface area (Å²) in [7, 11) is 5.59. The first-order valence-corrected chi connectivity index (χ1v) is 13.4. The summed E-state index contributed by atoms with van der Waals surface area (Å²) in [5.41, 5.74) is 2.53. The Hall–Kier alpha value is -4.33. The topological polar surface area (TPSA) is 88.6 Å². The predicted octanol–water partition coefficient (Wildman–Crippen LogP) is 5.44. The second-order valence-corrected chi connectivity index (χ2v) is 10.1. The van der Waals surface area contributed by atoms with Crippen molar-refractivity contribution in [3.8, 4) is 11.5 Å². The van der Waals surface area contributed by atoms with Crippen LogP contribution in [-0.4, -0.2) is 49.2 Å². The largest absolute Gasteiger partial charge is 0.493 e. The number of ether oxygens (including phenoxy) is 2. The van der Waals surface area contributed by atoms with Crippen LogP contribution in [0.5, 0.6) is 11.5 Å². The van der Waals surface area contributed by atoms with Crippen molar-refractivity contribution in [3.63, 3.8) is 0 Å². The van der Waals surface area contributed by atoms with E-state index in [1.807, 2.05) is 73.6 Å². The molecule has 4 aromatic rings. The molecule has 0 atom stereocenters. The van der Waals surface area contributed by atoms with Crippen molar-refractivity contribution in [1.29, 1.82) is 0 Å². The number of anilines is 2. The first kappa shape index (κ1) is 26.3. The molecule has 1 aromatic heterocycles. The van der Waals surface area contributed by atoms with Gasteiger partial charge in [0.2, 0.25) is 5.95 Å². The number of hydrogen-bond acceptors (Lipinski definition) is 7. The van der Waals surface area contributed by atoms with E-state index in [9.17, 15) is 4.79 Å². The van der Waals surface area contributed by atoms with Crippen LogP contribution in [0, 0.1) is 0 Å². The lowest BCUT2D eigenvalue weighted by Crippen LogP contribution is -2.40. The molecule has 3 aromatic carbocycles. The minimum absolute atomic E-state index is 0.105. The molecule has 1 aliphatic rings. The summed E-state index contributed by atoms with van der Waals surface area (Å²) in [6, 6.07) is 23.7. The molecule has 0 radical (unpaired) electrons. The number of fused-ring (bicyclic) bond motifs is 1. The number of rotatable bonds is 9. The van der Waals surface area contributed by atoms with E-state index in [4.69, 9.17) is 19.4 Å². The molecular formula is C31H35N5O3. The Bertz CT molecular complexity index is 1420. The van der Waals surface area contributed by atoms with E-state index in [1.54, 1.807) is 25.3 Å². The highest BCUT2D eigenvalue weighted by Gasteiger charge is 2.24. The van der Waals surface area contributed by atoms with Gasteiger partial charge in [0.1, 0.15) is 12.4 Å². The second-order valence-electron chi connectivity index (χ2n) is 10.1. The van der Waals surface area contributed by atoms with Gasteiger partial charge in [-0.3, -0.25) is 4.79 Å². The average molecular weight is 526 g/mol. The summed E-state index contributed by atoms with van der Waals surface area (Å²) in [5, 5.41) is 7.77. The van der Waals surface area contributed by atoms with Crippen LogP contribution in [-0.2, 0) is 6.61 Å². The van der Waals surface area contributed by atoms with Crippen LogP contribution in [0.25, 0.3) is 10.9 Å². The fourth-order valence-electron chi connectivity index (χ4n) is 4.96. The number of carbonyl (C=O) groups excluding carboxylic acids is 1. The van der Waals surface area contributed by atoms with Gasteiger partial charge in [0.15, 0.2) is 11.5 Å². The molecule has 1 aliphatic carbocycles. The highest BCUT2D eigenvalue weighted by molar-refractivity contribution is 5.95. The Kier molecular flexibility index (Phi) is 8.10. The van der Waals surface area contributed by atoms with Crippen LogP contribution in [0.2, 0.25) is 0 Å². The first-order valence-electron chi connectivity index (χ1n) is 13.4. The van der Waals surface area contributed by atoms with Gasteiger partial charge in [0.05, 0.1) is 12.6 Å². The third kappa shape index (κ3) is 6.39. The monoisotopic (exact) mass is 525 g/mol. The van der Waals surface area contributed by atoms with Crippen molar-refractivity contribution >= 4 is 28.6 Å². The number of carbonyl (C=O) groups is 1. The molecule has 8 nitrogen and oxygen atoms in total. The molecule has 5 rings (SSSR count). The number of amides is 1. The number of para-hydroxylation sites is 1. The Labute approximate surface area is 229 Å². The van der Waals surface area contributed by atoms with Gasteiger partial charge >= 0.3 is 0 Å². The molecule has 0 saturated heterocycles. The SMILES string of the molecule is COc1ccc(C(=O)NC2CCC(Nc3nc(N(C)C)c4ccccc4n3)CC2)cc1OCc1ccccc1. The molecule has 0 aliphatic heterocycles. The van der Waals surface area contributed by atoms with Gasteiger partial charge in [0.25, 0.3) is 5.91 Å². The minimum Gasteiger partial charge on any atom is -0.493 e. The van der Waals surface area contributed by atoms with E-state index >= 15 is 0 Å². The second kappa shape index (κ2) is 12.0. The summed E-state index contributed by atoms with van der Waals surface area (Å²) in [6.07, 6.45) is 3.61. The zero-order chi connectivity index (χ0) is 27.2. The van der Waals surface area contributed by atoms with Gasteiger partial charge in [-0.1, -0.05) is 42.5 Å². The molecule has 202 valence electrons. The Balaban J connectivity index is 1.18. The maximum Gasteiger partial charge on any atom is 0.251 e. The molecule has 1 amide bonds. The number of hydrogen-bond donors (Lipinski definition) is 2.